The molecule has 1 aromatic carbocycles. The highest BCUT2D eigenvalue weighted by Crippen LogP contribution is 2.28. The summed E-state index contributed by atoms with van der Waals surface area (Å²) in [5.74, 6) is 0.350. The molecule has 1 aliphatic heterocycles. The van der Waals surface area contributed by atoms with Crippen LogP contribution in [0.15, 0.2) is 27.7 Å². The van der Waals surface area contributed by atoms with Gasteiger partial charge in [-0.2, -0.15) is 4.99 Å². The van der Waals surface area contributed by atoms with E-state index in [1.165, 1.54) is 4.90 Å². The molecule has 0 saturated heterocycles. The molecule has 2 N–H and O–H groups in total. The minimum absolute atomic E-state index is 0.246. The van der Waals surface area contributed by atoms with Gasteiger partial charge in [-0.3, -0.25) is 0 Å². The number of aliphatic imine (C=N–C) groups is 1. The summed E-state index contributed by atoms with van der Waals surface area (Å²) in [5.41, 5.74) is 7.86. The minimum Gasteiger partial charge on any atom is -0.385 e. The topological polar surface area (TPSA) is 58.7 Å². The number of amidine groups is 1. The van der Waals surface area contributed by atoms with Gasteiger partial charge in [0.25, 0.3) is 0 Å². The molecule has 0 bridgehead atoms. The van der Waals surface area contributed by atoms with Crippen LogP contribution in [0.2, 0.25) is 0 Å². The third-order valence-corrected chi connectivity index (χ3v) is 3.56. The zero-order chi connectivity index (χ0) is 11.9. The number of nitrogens with two attached hydrogens (primary N) is 1. The number of urea groups is 1. The van der Waals surface area contributed by atoms with Crippen molar-refractivity contribution in [3.63, 3.8) is 0 Å². The fourth-order valence-corrected chi connectivity index (χ4v) is 2.13. The lowest BCUT2D eigenvalue weighted by molar-refractivity contribution is 0.218. The van der Waals surface area contributed by atoms with E-state index in [0.717, 1.165) is 15.6 Å². The Morgan fingerprint density at radius 1 is 1.50 bits per heavy atom. The first-order chi connectivity index (χ1) is 7.50. The summed E-state index contributed by atoms with van der Waals surface area (Å²) in [6.07, 6.45) is 0. The van der Waals surface area contributed by atoms with Crippen molar-refractivity contribution in [2.45, 2.75) is 13.0 Å². The van der Waals surface area contributed by atoms with Gasteiger partial charge in [0.2, 0.25) is 0 Å². The SMILES string of the molecule is Cc1ccc(C2C(N)=NC(=O)N2C)cc1Br. The fraction of sp³-hybridized carbons (Fsp3) is 0.273. The lowest BCUT2D eigenvalue weighted by Crippen LogP contribution is -2.30. The van der Waals surface area contributed by atoms with E-state index in [1.54, 1.807) is 7.05 Å². The number of rotatable bonds is 1. The second kappa shape index (κ2) is 3.90. The second-order valence-corrected chi connectivity index (χ2v) is 4.70. The van der Waals surface area contributed by atoms with Crippen LogP contribution in [0.5, 0.6) is 0 Å². The number of halogens is 1. The van der Waals surface area contributed by atoms with Crippen LogP contribution in [-0.2, 0) is 0 Å². The second-order valence-electron chi connectivity index (χ2n) is 3.84. The average molecular weight is 282 g/mol. The Kier molecular flexibility index (Phi) is 2.71. The van der Waals surface area contributed by atoms with Crippen molar-refractivity contribution in [1.29, 1.82) is 0 Å². The molecule has 0 aliphatic carbocycles. The third kappa shape index (κ3) is 1.71. The molecule has 1 atom stereocenters. The predicted molar refractivity (Wildman–Crippen MR) is 66.4 cm³/mol. The average Bonchev–Trinajstić information content (AvgIpc) is 2.47. The molecule has 16 heavy (non-hydrogen) atoms. The monoisotopic (exact) mass is 281 g/mol. The summed E-state index contributed by atoms with van der Waals surface area (Å²) in [6.45, 7) is 2.01. The van der Waals surface area contributed by atoms with Gasteiger partial charge in [-0.25, -0.2) is 4.79 Å². The lowest BCUT2D eigenvalue weighted by atomic mass is 10.0. The largest absolute Gasteiger partial charge is 0.385 e. The molecule has 0 saturated carbocycles. The molecule has 2 amide bonds. The first-order valence-electron chi connectivity index (χ1n) is 4.87. The Morgan fingerprint density at radius 3 is 2.69 bits per heavy atom. The van der Waals surface area contributed by atoms with Crippen LogP contribution in [0.3, 0.4) is 0 Å². The quantitative estimate of drug-likeness (QED) is 0.858. The van der Waals surface area contributed by atoms with Crippen molar-refractivity contribution in [3.05, 3.63) is 33.8 Å². The number of likely N-dealkylation sites (N-methyl/N-ethyl adjacent to an activating group) is 1. The van der Waals surface area contributed by atoms with Crippen LogP contribution < -0.4 is 5.73 Å². The molecule has 2 rings (SSSR count). The van der Waals surface area contributed by atoms with Crippen molar-refractivity contribution >= 4 is 27.8 Å². The van der Waals surface area contributed by atoms with E-state index in [2.05, 4.69) is 20.9 Å². The van der Waals surface area contributed by atoms with Crippen molar-refractivity contribution in [2.75, 3.05) is 7.05 Å². The highest BCUT2D eigenvalue weighted by atomic mass is 79.9. The van der Waals surface area contributed by atoms with Crippen LogP contribution >= 0.6 is 15.9 Å². The molecule has 1 unspecified atom stereocenters. The Morgan fingerprint density at radius 2 is 2.19 bits per heavy atom. The van der Waals surface area contributed by atoms with Gasteiger partial charge in [0.15, 0.2) is 0 Å². The predicted octanol–water partition coefficient (Wildman–Crippen LogP) is 2.22. The van der Waals surface area contributed by atoms with Gasteiger partial charge in [0, 0.05) is 11.5 Å². The van der Waals surface area contributed by atoms with Gasteiger partial charge < -0.3 is 10.6 Å². The number of carbonyl (C=O) groups is 1. The molecule has 4 nitrogen and oxygen atoms in total. The van der Waals surface area contributed by atoms with E-state index in [9.17, 15) is 4.79 Å². The molecular formula is C11H12BrN3O. The maximum atomic E-state index is 11.4. The number of aryl methyl sites for hydroxylation is 1. The highest BCUT2D eigenvalue weighted by Gasteiger charge is 2.31. The smallest absolute Gasteiger partial charge is 0.345 e. The van der Waals surface area contributed by atoms with Crippen molar-refractivity contribution < 1.29 is 4.79 Å². The van der Waals surface area contributed by atoms with Crippen molar-refractivity contribution in [1.82, 2.24) is 4.90 Å². The standard InChI is InChI=1S/C11H12BrN3O/c1-6-3-4-7(5-8(6)12)9-10(13)14-11(16)15(9)2/h3-5,9H,1-2H3,(H2,13,14,16). The first-order valence-corrected chi connectivity index (χ1v) is 5.67. The lowest BCUT2D eigenvalue weighted by Gasteiger charge is -2.20. The number of amides is 2. The molecule has 1 aliphatic rings. The summed E-state index contributed by atoms with van der Waals surface area (Å²) in [4.78, 5) is 16.6. The molecule has 84 valence electrons. The van der Waals surface area contributed by atoms with Gasteiger partial charge in [-0.15, -0.1) is 0 Å². The van der Waals surface area contributed by atoms with Crippen LogP contribution in [0.4, 0.5) is 4.79 Å². The van der Waals surface area contributed by atoms with Gasteiger partial charge in [-0.05, 0) is 24.1 Å². The van der Waals surface area contributed by atoms with Gasteiger partial charge >= 0.3 is 6.03 Å². The van der Waals surface area contributed by atoms with E-state index in [0.29, 0.717) is 5.84 Å². The van der Waals surface area contributed by atoms with Gasteiger partial charge in [-0.1, -0.05) is 28.1 Å². The van der Waals surface area contributed by atoms with E-state index in [1.807, 2.05) is 25.1 Å². The number of hydrogen-bond acceptors (Lipinski definition) is 2. The number of hydrogen-bond donors (Lipinski definition) is 1. The zero-order valence-electron chi connectivity index (χ0n) is 9.07. The summed E-state index contributed by atoms with van der Waals surface area (Å²) in [7, 11) is 1.70. The molecule has 1 heterocycles. The summed E-state index contributed by atoms with van der Waals surface area (Å²) >= 11 is 3.46. The van der Waals surface area contributed by atoms with Crippen molar-refractivity contribution in [3.8, 4) is 0 Å². The fourth-order valence-electron chi connectivity index (χ4n) is 1.73. The summed E-state index contributed by atoms with van der Waals surface area (Å²) < 4.78 is 1.01. The Labute approximate surface area is 102 Å². The molecule has 0 radical (unpaired) electrons. The van der Waals surface area contributed by atoms with Gasteiger partial charge in [0.05, 0.1) is 0 Å². The Hall–Kier alpha value is -1.36. The Balaban J connectivity index is 2.42. The van der Waals surface area contributed by atoms with Crippen LogP contribution in [0, 0.1) is 6.92 Å². The van der Waals surface area contributed by atoms with E-state index in [4.69, 9.17) is 5.73 Å². The summed E-state index contributed by atoms with van der Waals surface area (Å²) in [5, 5.41) is 0. The molecule has 0 spiro atoms. The van der Waals surface area contributed by atoms with Crippen LogP contribution in [0.25, 0.3) is 0 Å². The minimum atomic E-state index is -0.292. The normalized spacial score (nSPS) is 20.2. The van der Waals surface area contributed by atoms with Crippen LogP contribution in [0.1, 0.15) is 17.2 Å². The van der Waals surface area contributed by atoms with Crippen molar-refractivity contribution in [2.24, 2.45) is 10.7 Å². The van der Waals surface area contributed by atoms with E-state index in [-0.39, 0.29) is 12.1 Å². The molecule has 1 aromatic rings. The maximum absolute atomic E-state index is 11.4. The van der Waals surface area contributed by atoms with E-state index >= 15 is 0 Å². The first kappa shape index (κ1) is 11.1. The number of carbonyl (C=O) groups excluding carboxylic acids is 1. The third-order valence-electron chi connectivity index (χ3n) is 2.71. The maximum Gasteiger partial charge on any atom is 0.345 e. The highest BCUT2D eigenvalue weighted by molar-refractivity contribution is 9.10. The zero-order valence-corrected chi connectivity index (χ0v) is 10.7. The molecule has 0 aromatic heterocycles. The molecule has 5 heteroatoms. The number of nitrogens with zero attached hydrogens (tertiary/aromatic N) is 2. The van der Waals surface area contributed by atoms with Gasteiger partial charge in [0.1, 0.15) is 11.9 Å². The number of benzene rings is 1. The van der Waals surface area contributed by atoms with E-state index < -0.39 is 0 Å². The van der Waals surface area contributed by atoms with Crippen LogP contribution in [-0.4, -0.2) is 23.8 Å². The molecule has 0 fully saturated rings. The molecular weight excluding hydrogens is 270 g/mol. The summed E-state index contributed by atoms with van der Waals surface area (Å²) in [6, 6.07) is 5.38. The Bertz CT molecular complexity index is 484.